The number of benzene rings is 2. The van der Waals surface area contributed by atoms with Gasteiger partial charge in [0.1, 0.15) is 0 Å². The molecule has 0 radical (unpaired) electrons. The van der Waals surface area contributed by atoms with Crippen molar-refractivity contribution in [3.8, 4) is 0 Å². The van der Waals surface area contributed by atoms with Crippen molar-refractivity contribution in [1.29, 1.82) is 0 Å². The minimum absolute atomic E-state index is 0.316. The lowest BCUT2D eigenvalue weighted by Crippen LogP contribution is -2.15. The summed E-state index contributed by atoms with van der Waals surface area (Å²) < 4.78 is 28.3. The molecule has 0 bridgehead atoms. The number of para-hydroxylation sites is 1. The topological polar surface area (TPSA) is 46.2 Å². The summed E-state index contributed by atoms with van der Waals surface area (Å²) in [6, 6.07) is 10.6. The molecule has 1 N–H and O–H groups in total. The fraction of sp³-hybridized carbons (Fsp3) is 0.200. The van der Waals surface area contributed by atoms with E-state index in [4.69, 9.17) is 0 Å². The van der Waals surface area contributed by atoms with E-state index in [1.165, 1.54) is 0 Å². The predicted molar refractivity (Wildman–Crippen MR) is 85.6 cm³/mol. The molecule has 5 heteroatoms. The van der Waals surface area contributed by atoms with E-state index in [9.17, 15) is 8.42 Å². The average Bonchev–Trinajstić information content (AvgIpc) is 2.38. The number of anilines is 1. The van der Waals surface area contributed by atoms with Crippen molar-refractivity contribution in [3.05, 3.63) is 57.6 Å². The summed E-state index contributed by atoms with van der Waals surface area (Å²) in [5.74, 6) is 0. The zero-order valence-corrected chi connectivity index (χ0v) is 14.0. The number of hydrogen-bond donors (Lipinski definition) is 1. The van der Waals surface area contributed by atoms with Gasteiger partial charge in [0.05, 0.1) is 10.6 Å². The molecule has 2 rings (SSSR count). The zero-order chi connectivity index (χ0) is 14.9. The van der Waals surface area contributed by atoms with E-state index < -0.39 is 10.0 Å². The minimum Gasteiger partial charge on any atom is -0.278 e. The van der Waals surface area contributed by atoms with E-state index in [2.05, 4.69) is 20.7 Å². The van der Waals surface area contributed by atoms with E-state index >= 15 is 0 Å². The molecule has 0 heterocycles. The molecule has 0 fully saturated rings. The molecule has 0 aliphatic rings. The molecule has 3 nitrogen and oxygen atoms in total. The van der Waals surface area contributed by atoms with Crippen molar-refractivity contribution >= 4 is 31.6 Å². The van der Waals surface area contributed by atoms with Crippen LogP contribution in [0.2, 0.25) is 0 Å². The van der Waals surface area contributed by atoms with Crippen LogP contribution in [0.15, 0.2) is 45.8 Å². The SMILES string of the molecule is Cc1ccc(S(=O)(=O)Nc2ccccc2Br)c(C)c1C. The van der Waals surface area contributed by atoms with E-state index in [0.29, 0.717) is 15.1 Å². The van der Waals surface area contributed by atoms with E-state index in [-0.39, 0.29) is 0 Å². The van der Waals surface area contributed by atoms with Crippen LogP contribution < -0.4 is 4.72 Å². The first-order valence-electron chi connectivity index (χ1n) is 6.17. The molecular weight excluding hydrogens is 338 g/mol. The largest absolute Gasteiger partial charge is 0.278 e. The lowest BCUT2D eigenvalue weighted by atomic mass is 10.1. The minimum atomic E-state index is -3.59. The maximum Gasteiger partial charge on any atom is 0.262 e. The summed E-state index contributed by atoms with van der Waals surface area (Å²) in [6.07, 6.45) is 0. The first-order chi connectivity index (χ1) is 9.33. The van der Waals surface area contributed by atoms with Crippen LogP contribution in [0.4, 0.5) is 5.69 Å². The highest BCUT2D eigenvalue weighted by Gasteiger charge is 2.19. The fourth-order valence-electron chi connectivity index (χ4n) is 1.97. The fourth-order valence-corrected chi connectivity index (χ4v) is 3.86. The second-order valence-corrected chi connectivity index (χ2v) is 7.22. The summed E-state index contributed by atoms with van der Waals surface area (Å²) in [6.45, 7) is 5.74. The highest BCUT2D eigenvalue weighted by molar-refractivity contribution is 9.10. The highest BCUT2D eigenvalue weighted by Crippen LogP contribution is 2.27. The molecule has 106 valence electrons. The van der Waals surface area contributed by atoms with Gasteiger partial charge >= 0.3 is 0 Å². The average molecular weight is 354 g/mol. The van der Waals surface area contributed by atoms with Crippen LogP contribution in [0.25, 0.3) is 0 Å². The molecule has 0 unspecified atom stereocenters. The van der Waals surface area contributed by atoms with Gasteiger partial charge in [0, 0.05) is 4.47 Å². The highest BCUT2D eigenvalue weighted by atomic mass is 79.9. The molecular formula is C15H16BrNO2S. The number of hydrogen-bond acceptors (Lipinski definition) is 2. The van der Waals surface area contributed by atoms with Gasteiger partial charge in [-0.3, -0.25) is 4.72 Å². The van der Waals surface area contributed by atoms with Gasteiger partial charge in [-0.25, -0.2) is 8.42 Å². The van der Waals surface area contributed by atoms with Crippen LogP contribution >= 0.6 is 15.9 Å². The maximum atomic E-state index is 12.5. The molecule has 0 saturated heterocycles. The summed E-state index contributed by atoms with van der Waals surface area (Å²) in [5, 5.41) is 0. The summed E-state index contributed by atoms with van der Waals surface area (Å²) in [5.41, 5.74) is 3.40. The quantitative estimate of drug-likeness (QED) is 0.899. The molecule has 0 aliphatic carbocycles. The Balaban J connectivity index is 2.47. The van der Waals surface area contributed by atoms with Crippen molar-refractivity contribution < 1.29 is 8.42 Å². The van der Waals surface area contributed by atoms with E-state index in [1.807, 2.05) is 32.9 Å². The molecule has 0 saturated carbocycles. The van der Waals surface area contributed by atoms with Crippen molar-refractivity contribution in [2.75, 3.05) is 4.72 Å². The molecule has 0 spiro atoms. The second kappa shape index (κ2) is 5.58. The van der Waals surface area contributed by atoms with Gasteiger partial charge in [-0.05, 0) is 71.6 Å². The van der Waals surface area contributed by atoms with Gasteiger partial charge in [-0.2, -0.15) is 0 Å². The molecule has 2 aromatic carbocycles. The monoisotopic (exact) mass is 353 g/mol. The van der Waals surface area contributed by atoms with Crippen LogP contribution in [0.5, 0.6) is 0 Å². The Morgan fingerprint density at radius 1 is 0.950 bits per heavy atom. The van der Waals surface area contributed by atoms with Gasteiger partial charge < -0.3 is 0 Å². The zero-order valence-electron chi connectivity index (χ0n) is 11.6. The third-order valence-electron chi connectivity index (χ3n) is 3.42. The van der Waals surface area contributed by atoms with E-state index in [1.54, 1.807) is 24.3 Å². The molecule has 0 atom stereocenters. The van der Waals surface area contributed by atoms with Crippen molar-refractivity contribution in [1.82, 2.24) is 0 Å². The van der Waals surface area contributed by atoms with E-state index in [0.717, 1.165) is 16.7 Å². The van der Waals surface area contributed by atoms with Gasteiger partial charge in [0.2, 0.25) is 0 Å². The number of aryl methyl sites for hydroxylation is 1. The summed E-state index contributed by atoms with van der Waals surface area (Å²) in [4.78, 5) is 0.316. The number of rotatable bonds is 3. The lowest BCUT2D eigenvalue weighted by Gasteiger charge is -2.14. The van der Waals surface area contributed by atoms with Gasteiger partial charge in [-0.1, -0.05) is 18.2 Å². The van der Waals surface area contributed by atoms with Crippen molar-refractivity contribution in [2.24, 2.45) is 0 Å². The molecule has 2 aromatic rings. The molecule has 0 aliphatic heterocycles. The van der Waals surface area contributed by atoms with Crippen LogP contribution in [0.1, 0.15) is 16.7 Å². The van der Waals surface area contributed by atoms with Gasteiger partial charge in [0.25, 0.3) is 10.0 Å². The normalized spacial score (nSPS) is 11.4. The Bertz CT molecular complexity index is 754. The lowest BCUT2D eigenvalue weighted by molar-refractivity contribution is 0.600. The van der Waals surface area contributed by atoms with Crippen LogP contribution in [-0.2, 0) is 10.0 Å². The Morgan fingerprint density at radius 2 is 1.60 bits per heavy atom. The third kappa shape index (κ3) is 2.88. The Kier molecular flexibility index (Phi) is 4.20. The number of halogens is 1. The summed E-state index contributed by atoms with van der Waals surface area (Å²) >= 11 is 3.34. The Labute approximate surface area is 128 Å². The van der Waals surface area contributed by atoms with Crippen molar-refractivity contribution in [2.45, 2.75) is 25.7 Å². The first kappa shape index (κ1) is 15.1. The molecule has 0 amide bonds. The van der Waals surface area contributed by atoms with Crippen LogP contribution in [-0.4, -0.2) is 8.42 Å². The molecule has 20 heavy (non-hydrogen) atoms. The first-order valence-corrected chi connectivity index (χ1v) is 8.44. The smallest absolute Gasteiger partial charge is 0.262 e. The molecule has 0 aromatic heterocycles. The van der Waals surface area contributed by atoms with Gasteiger partial charge in [-0.15, -0.1) is 0 Å². The van der Waals surface area contributed by atoms with Crippen LogP contribution in [0, 0.1) is 20.8 Å². The number of nitrogens with one attached hydrogen (secondary N) is 1. The second-order valence-electron chi connectivity index (χ2n) is 4.72. The van der Waals surface area contributed by atoms with Crippen LogP contribution in [0.3, 0.4) is 0 Å². The summed E-state index contributed by atoms with van der Waals surface area (Å²) in [7, 11) is -3.59. The number of sulfonamides is 1. The van der Waals surface area contributed by atoms with Gasteiger partial charge in [0.15, 0.2) is 0 Å². The maximum absolute atomic E-state index is 12.5. The predicted octanol–water partition coefficient (Wildman–Crippen LogP) is 4.18. The Morgan fingerprint density at radius 3 is 2.25 bits per heavy atom. The standard InChI is InChI=1S/C15H16BrNO2S/c1-10-8-9-15(12(3)11(10)2)20(18,19)17-14-7-5-4-6-13(14)16/h4-9,17H,1-3H3. The van der Waals surface area contributed by atoms with Crippen molar-refractivity contribution in [3.63, 3.8) is 0 Å². The Hall–Kier alpha value is -1.33. The third-order valence-corrected chi connectivity index (χ3v) is 5.62.